The number of rotatable bonds is 9. The number of aliphatic hydroxyl groups is 1. The molecule has 86 valence electrons. The lowest BCUT2D eigenvalue weighted by Gasteiger charge is -2.22. The molecule has 0 radical (unpaired) electrons. The van der Waals surface area contributed by atoms with Gasteiger partial charge in [0.1, 0.15) is 0 Å². The molecule has 0 aliphatic rings. The Morgan fingerprint density at radius 2 is 1.57 bits per heavy atom. The summed E-state index contributed by atoms with van der Waals surface area (Å²) in [7, 11) is 1.70. The standard InChI is InChI=1S/C10H22O4/c1-10(2,12-3)4-6-13-8-9-14-7-5-11/h11H,4-9H2,1-3H3. The van der Waals surface area contributed by atoms with Gasteiger partial charge in [-0.1, -0.05) is 0 Å². The van der Waals surface area contributed by atoms with E-state index < -0.39 is 0 Å². The SMILES string of the molecule is COC(C)(C)CCOCCOCCO. The van der Waals surface area contributed by atoms with Crippen LogP contribution in [0.3, 0.4) is 0 Å². The van der Waals surface area contributed by atoms with Crippen LogP contribution in [0.15, 0.2) is 0 Å². The monoisotopic (exact) mass is 206 g/mol. The Labute approximate surface area is 86.2 Å². The maximum absolute atomic E-state index is 8.43. The van der Waals surface area contributed by atoms with Crippen molar-refractivity contribution in [2.45, 2.75) is 25.9 Å². The van der Waals surface area contributed by atoms with Crippen LogP contribution in [0.25, 0.3) is 0 Å². The maximum atomic E-state index is 8.43. The van der Waals surface area contributed by atoms with Gasteiger partial charge in [-0.2, -0.15) is 0 Å². The van der Waals surface area contributed by atoms with Gasteiger partial charge in [0.15, 0.2) is 0 Å². The zero-order valence-electron chi connectivity index (χ0n) is 9.41. The van der Waals surface area contributed by atoms with E-state index in [0.29, 0.717) is 26.4 Å². The van der Waals surface area contributed by atoms with Crippen molar-refractivity contribution in [3.8, 4) is 0 Å². The molecule has 0 saturated carbocycles. The Morgan fingerprint density at radius 3 is 2.07 bits per heavy atom. The highest BCUT2D eigenvalue weighted by Crippen LogP contribution is 2.12. The Hall–Kier alpha value is -0.160. The highest BCUT2D eigenvalue weighted by Gasteiger charge is 2.15. The minimum absolute atomic E-state index is 0.0662. The van der Waals surface area contributed by atoms with Crippen molar-refractivity contribution in [2.75, 3.05) is 40.1 Å². The average Bonchev–Trinajstić information content (AvgIpc) is 2.16. The van der Waals surface area contributed by atoms with Gasteiger partial charge in [-0.05, 0) is 20.3 Å². The first-order valence-corrected chi connectivity index (χ1v) is 4.94. The molecule has 0 atom stereocenters. The van der Waals surface area contributed by atoms with Gasteiger partial charge in [0.25, 0.3) is 0 Å². The zero-order valence-corrected chi connectivity index (χ0v) is 9.41. The van der Waals surface area contributed by atoms with Gasteiger partial charge in [0.2, 0.25) is 0 Å². The lowest BCUT2D eigenvalue weighted by molar-refractivity contribution is -0.0208. The van der Waals surface area contributed by atoms with Crippen LogP contribution in [0, 0.1) is 0 Å². The first kappa shape index (κ1) is 13.8. The van der Waals surface area contributed by atoms with Crippen LogP contribution in [-0.4, -0.2) is 50.9 Å². The van der Waals surface area contributed by atoms with Gasteiger partial charge < -0.3 is 19.3 Å². The molecule has 0 heterocycles. The van der Waals surface area contributed by atoms with E-state index in [1.807, 2.05) is 13.8 Å². The zero-order chi connectivity index (χ0) is 10.9. The third kappa shape index (κ3) is 8.44. The lowest BCUT2D eigenvalue weighted by atomic mass is 10.1. The van der Waals surface area contributed by atoms with Gasteiger partial charge in [0.05, 0.1) is 32.0 Å². The molecule has 0 aliphatic carbocycles. The number of hydrogen-bond acceptors (Lipinski definition) is 4. The summed E-state index contributed by atoms with van der Waals surface area (Å²) in [4.78, 5) is 0. The first-order chi connectivity index (χ1) is 6.62. The summed E-state index contributed by atoms with van der Waals surface area (Å²) in [6.45, 7) is 6.28. The van der Waals surface area contributed by atoms with Gasteiger partial charge in [-0.25, -0.2) is 0 Å². The maximum Gasteiger partial charge on any atom is 0.0701 e. The molecule has 4 nitrogen and oxygen atoms in total. The molecule has 4 heteroatoms. The van der Waals surface area contributed by atoms with Crippen LogP contribution in [0.2, 0.25) is 0 Å². The van der Waals surface area contributed by atoms with Crippen molar-refractivity contribution in [1.82, 2.24) is 0 Å². The van der Waals surface area contributed by atoms with E-state index in [4.69, 9.17) is 19.3 Å². The summed E-state index contributed by atoms with van der Waals surface area (Å²) in [5, 5.41) is 8.43. The lowest BCUT2D eigenvalue weighted by Crippen LogP contribution is -2.24. The van der Waals surface area contributed by atoms with Gasteiger partial charge in [-0.15, -0.1) is 0 Å². The quantitative estimate of drug-likeness (QED) is 0.568. The van der Waals surface area contributed by atoms with E-state index in [9.17, 15) is 0 Å². The van der Waals surface area contributed by atoms with Crippen LogP contribution in [0.1, 0.15) is 20.3 Å². The molecule has 0 aliphatic heterocycles. The summed E-state index contributed by atoms with van der Waals surface area (Å²) in [5.74, 6) is 0. The normalized spacial score (nSPS) is 12.0. The van der Waals surface area contributed by atoms with E-state index in [-0.39, 0.29) is 12.2 Å². The predicted octanol–water partition coefficient (Wildman–Crippen LogP) is 0.827. The van der Waals surface area contributed by atoms with E-state index >= 15 is 0 Å². The Kier molecular flexibility index (Phi) is 8.08. The van der Waals surface area contributed by atoms with Gasteiger partial charge in [0, 0.05) is 13.7 Å². The molecule has 14 heavy (non-hydrogen) atoms. The highest BCUT2D eigenvalue weighted by atomic mass is 16.5. The molecule has 0 amide bonds. The highest BCUT2D eigenvalue weighted by molar-refractivity contribution is 4.66. The van der Waals surface area contributed by atoms with Crippen molar-refractivity contribution < 1.29 is 19.3 Å². The van der Waals surface area contributed by atoms with Crippen molar-refractivity contribution >= 4 is 0 Å². The summed E-state index contributed by atoms with van der Waals surface area (Å²) >= 11 is 0. The van der Waals surface area contributed by atoms with Crippen molar-refractivity contribution in [1.29, 1.82) is 0 Å². The molecule has 0 bridgehead atoms. The Morgan fingerprint density at radius 1 is 1.00 bits per heavy atom. The Balaban J connectivity index is 3.13. The summed E-state index contributed by atoms with van der Waals surface area (Å²) in [6, 6.07) is 0. The van der Waals surface area contributed by atoms with E-state index in [0.717, 1.165) is 6.42 Å². The van der Waals surface area contributed by atoms with Crippen LogP contribution >= 0.6 is 0 Å². The minimum Gasteiger partial charge on any atom is -0.394 e. The molecule has 0 unspecified atom stereocenters. The second-order valence-electron chi connectivity index (χ2n) is 3.66. The molecule has 0 rings (SSSR count). The fourth-order valence-electron chi connectivity index (χ4n) is 0.807. The topological polar surface area (TPSA) is 47.9 Å². The molecule has 0 saturated heterocycles. The largest absolute Gasteiger partial charge is 0.394 e. The van der Waals surface area contributed by atoms with E-state index in [1.165, 1.54) is 0 Å². The third-order valence-corrected chi connectivity index (χ3v) is 2.01. The van der Waals surface area contributed by atoms with Crippen molar-refractivity contribution in [3.05, 3.63) is 0 Å². The summed E-state index contributed by atoms with van der Waals surface area (Å²) < 4.78 is 15.6. The Bertz CT molecular complexity index is 125. The van der Waals surface area contributed by atoms with Gasteiger partial charge >= 0.3 is 0 Å². The number of hydrogen-bond donors (Lipinski definition) is 1. The molecule has 0 aromatic carbocycles. The third-order valence-electron chi connectivity index (χ3n) is 2.01. The molecule has 0 aromatic rings. The summed E-state index contributed by atoms with van der Waals surface area (Å²) in [5.41, 5.74) is -0.119. The number of methoxy groups -OCH3 is 1. The fourth-order valence-corrected chi connectivity index (χ4v) is 0.807. The fraction of sp³-hybridized carbons (Fsp3) is 1.00. The van der Waals surface area contributed by atoms with Crippen molar-refractivity contribution in [3.63, 3.8) is 0 Å². The van der Waals surface area contributed by atoms with Crippen LogP contribution < -0.4 is 0 Å². The first-order valence-electron chi connectivity index (χ1n) is 4.94. The van der Waals surface area contributed by atoms with Crippen LogP contribution in [0.5, 0.6) is 0 Å². The molecule has 0 spiro atoms. The van der Waals surface area contributed by atoms with E-state index in [1.54, 1.807) is 7.11 Å². The van der Waals surface area contributed by atoms with Crippen molar-refractivity contribution in [2.24, 2.45) is 0 Å². The second kappa shape index (κ2) is 8.17. The minimum atomic E-state index is -0.119. The molecule has 1 N–H and O–H groups in total. The molecule has 0 fully saturated rings. The predicted molar refractivity (Wildman–Crippen MR) is 54.4 cm³/mol. The molecule has 0 aromatic heterocycles. The smallest absolute Gasteiger partial charge is 0.0701 e. The second-order valence-corrected chi connectivity index (χ2v) is 3.66. The number of ether oxygens (including phenoxy) is 3. The molecular weight excluding hydrogens is 184 g/mol. The van der Waals surface area contributed by atoms with Crippen LogP contribution in [0.4, 0.5) is 0 Å². The average molecular weight is 206 g/mol. The number of aliphatic hydroxyl groups excluding tert-OH is 1. The van der Waals surface area contributed by atoms with E-state index in [2.05, 4.69) is 0 Å². The summed E-state index contributed by atoms with van der Waals surface area (Å²) in [6.07, 6.45) is 0.865. The van der Waals surface area contributed by atoms with Gasteiger partial charge in [-0.3, -0.25) is 0 Å². The molecular formula is C10H22O4. The van der Waals surface area contributed by atoms with Crippen LogP contribution in [-0.2, 0) is 14.2 Å².